The van der Waals surface area contributed by atoms with Gasteiger partial charge in [0.25, 0.3) is 5.82 Å². The van der Waals surface area contributed by atoms with Crippen LogP contribution in [0.4, 0.5) is 13.2 Å². The maximum atomic E-state index is 12.6. The monoisotopic (exact) mass is 343 g/mol. The van der Waals surface area contributed by atoms with Gasteiger partial charge in [0.1, 0.15) is 5.82 Å². The molecule has 1 atom stereocenters. The fourth-order valence-corrected chi connectivity index (χ4v) is 3.13. The fraction of sp³-hybridized carbons (Fsp3) is 0.667. The van der Waals surface area contributed by atoms with Gasteiger partial charge in [-0.2, -0.15) is 18.2 Å². The molecule has 1 aliphatic rings. The third-order valence-corrected chi connectivity index (χ3v) is 4.44. The zero-order valence-corrected chi connectivity index (χ0v) is 13.5. The lowest BCUT2D eigenvalue weighted by molar-refractivity contribution is -0.146. The van der Waals surface area contributed by atoms with Gasteiger partial charge < -0.3 is 9.09 Å². The zero-order chi connectivity index (χ0) is 17.2. The van der Waals surface area contributed by atoms with E-state index in [2.05, 4.69) is 24.6 Å². The van der Waals surface area contributed by atoms with Crippen molar-refractivity contribution >= 4 is 0 Å². The van der Waals surface area contributed by atoms with E-state index in [1.807, 2.05) is 13.1 Å². The maximum absolute atomic E-state index is 12.6. The quantitative estimate of drug-likeness (QED) is 0.835. The molecular weight excluding hydrogens is 323 g/mol. The normalized spacial score (nSPS) is 19.8. The largest absolute Gasteiger partial charge is 0.455 e. The van der Waals surface area contributed by atoms with E-state index >= 15 is 0 Å². The lowest BCUT2D eigenvalue weighted by atomic mass is 9.99. The summed E-state index contributed by atoms with van der Waals surface area (Å²) in [5.41, 5.74) is 0. The topological polar surface area (TPSA) is 60.0 Å². The van der Waals surface area contributed by atoms with Crippen molar-refractivity contribution in [2.45, 2.75) is 57.9 Å². The van der Waals surface area contributed by atoms with Crippen LogP contribution in [0.2, 0.25) is 0 Å². The molecule has 0 bridgehead atoms. The van der Waals surface area contributed by atoms with Gasteiger partial charge in [0.2, 0.25) is 5.89 Å². The molecule has 2 aromatic heterocycles. The van der Waals surface area contributed by atoms with E-state index in [9.17, 15) is 13.2 Å². The molecule has 0 aliphatic carbocycles. The molecule has 132 valence electrons. The Morgan fingerprint density at radius 3 is 2.83 bits per heavy atom. The molecule has 1 aliphatic heterocycles. The van der Waals surface area contributed by atoms with Gasteiger partial charge in [-0.1, -0.05) is 11.6 Å². The average Bonchev–Trinajstić information content (AvgIpc) is 3.15. The van der Waals surface area contributed by atoms with E-state index in [0.29, 0.717) is 6.04 Å². The highest BCUT2D eigenvalue weighted by Gasteiger charge is 2.37. The van der Waals surface area contributed by atoms with Crippen molar-refractivity contribution in [3.05, 3.63) is 29.9 Å². The molecule has 24 heavy (non-hydrogen) atoms. The third kappa shape index (κ3) is 3.95. The van der Waals surface area contributed by atoms with Gasteiger partial charge in [-0.05, 0) is 32.7 Å². The molecule has 1 saturated heterocycles. The molecule has 6 nitrogen and oxygen atoms in total. The Labute approximate surface area is 137 Å². The number of hydrogen-bond donors (Lipinski definition) is 0. The Bertz CT molecular complexity index is 666. The Morgan fingerprint density at radius 2 is 2.17 bits per heavy atom. The van der Waals surface area contributed by atoms with E-state index in [0.717, 1.165) is 44.6 Å². The predicted molar refractivity (Wildman–Crippen MR) is 78.9 cm³/mol. The van der Waals surface area contributed by atoms with Gasteiger partial charge in [0.15, 0.2) is 0 Å². The summed E-state index contributed by atoms with van der Waals surface area (Å²) in [7, 11) is 0. The number of nitrogens with zero attached hydrogens (tertiary/aromatic N) is 5. The van der Waals surface area contributed by atoms with Gasteiger partial charge in [0.05, 0.1) is 6.54 Å². The van der Waals surface area contributed by atoms with Crippen LogP contribution in [0.1, 0.15) is 43.2 Å². The van der Waals surface area contributed by atoms with Crippen molar-refractivity contribution < 1.29 is 17.7 Å². The van der Waals surface area contributed by atoms with Crippen LogP contribution in [0.3, 0.4) is 0 Å². The molecule has 3 heterocycles. The van der Waals surface area contributed by atoms with Crippen molar-refractivity contribution in [2.75, 3.05) is 6.54 Å². The molecule has 0 spiro atoms. The molecule has 0 amide bonds. The van der Waals surface area contributed by atoms with Crippen molar-refractivity contribution in [1.82, 2.24) is 24.6 Å². The Hall–Kier alpha value is -1.90. The second-order valence-corrected chi connectivity index (χ2v) is 6.09. The average molecular weight is 343 g/mol. The summed E-state index contributed by atoms with van der Waals surface area (Å²) >= 11 is 0. The van der Waals surface area contributed by atoms with E-state index in [1.165, 1.54) is 0 Å². The standard InChI is InChI=1S/C15H20F3N5O/c1-11-19-6-9-22(11)8-5-12-4-2-3-7-23(12)10-13-20-14(21-24-13)15(16,17)18/h6,9,12H,2-5,7-8,10H2,1H3/t12-/m0/s1. The van der Waals surface area contributed by atoms with Crippen molar-refractivity contribution in [2.24, 2.45) is 0 Å². The van der Waals surface area contributed by atoms with Crippen LogP contribution in [0.5, 0.6) is 0 Å². The van der Waals surface area contributed by atoms with E-state index in [-0.39, 0.29) is 12.4 Å². The third-order valence-electron chi connectivity index (χ3n) is 4.44. The lowest BCUT2D eigenvalue weighted by Gasteiger charge is -2.34. The summed E-state index contributed by atoms with van der Waals surface area (Å²) in [5, 5.41) is 3.03. The van der Waals surface area contributed by atoms with Crippen LogP contribution < -0.4 is 0 Å². The van der Waals surface area contributed by atoms with Gasteiger partial charge >= 0.3 is 6.18 Å². The first kappa shape index (κ1) is 16.9. The first-order valence-electron chi connectivity index (χ1n) is 8.05. The highest BCUT2D eigenvalue weighted by molar-refractivity contribution is 4.93. The van der Waals surface area contributed by atoms with Gasteiger partial charge in [-0.3, -0.25) is 4.90 Å². The number of rotatable bonds is 5. The number of aryl methyl sites for hydroxylation is 2. The van der Waals surface area contributed by atoms with E-state index < -0.39 is 12.0 Å². The number of aromatic nitrogens is 4. The zero-order valence-electron chi connectivity index (χ0n) is 13.5. The predicted octanol–water partition coefficient (Wildman–Crippen LogP) is 3.04. The van der Waals surface area contributed by atoms with Crippen LogP contribution in [-0.4, -0.2) is 37.2 Å². The smallest absolute Gasteiger partial charge is 0.338 e. The van der Waals surface area contributed by atoms with E-state index in [1.54, 1.807) is 6.20 Å². The molecule has 9 heteroatoms. The summed E-state index contributed by atoms with van der Waals surface area (Å²) in [4.78, 5) is 9.82. The lowest BCUT2D eigenvalue weighted by Crippen LogP contribution is -2.39. The van der Waals surface area contributed by atoms with Gasteiger partial charge in [0, 0.05) is 25.0 Å². The summed E-state index contributed by atoms with van der Waals surface area (Å²) in [6.45, 7) is 3.88. The molecule has 1 fully saturated rings. The van der Waals surface area contributed by atoms with Crippen LogP contribution in [0.25, 0.3) is 0 Å². The minimum Gasteiger partial charge on any atom is -0.338 e. The van der Waals surface area contributed by atoms with Crippen molar-refractivity contribution in [1.29, 1.82) is 0 Å². The van der Waals surface area contributed by atoms with Crippen LogP contribution in [0, 0.1) is 6.92 Å². The van der Waals surface area contributed by atoms with Gasteiger partial charge in [-0.15, -0.1) is 0 Å². The maximum Gasteiger partial charge on any atom is 0.455 e. The van der Waals surface area contributed by atoms with Gasteiger partial charge in [-0.25, -0.2) is 4.98 Å². The summed E-state index contributed by atoms with van der Waals surface area (Å²) in [6.07, 6.45) is 3.23. The van der Waals surface area contributed by atoms with E-state index in [4.69, 9.17) is 4.52 Å². The molecule has 2 aromatic rings. The number of piperidine rings is 1. The number of hydrogen-bond acceptors (Lipinski definition) is 5. The molecule has 3 rings (SSSR count). The van der Waals surface area contributed by atoms with Crippen molar-refractivity contribution in [3.63, 3.8) is 0 Å². The summed E-state index contributed by atoms with van der Waals surface area (Å²) in [6, 6.07) is 0.293. The van der Waals surface area contributed by atoms with Crippen molar-refractivity contribution in [3.8, 4) is 0 Å². The Kier molecular flexibility index (Phi) is 4.88. The Morgan fingerprint density at radius 1 is 1.33 bits per heavy atom. The summed E-state index contributed by atoms with van der Waals surface area (Å²) < 4.78 is 44.6. The molecular formula is C15H20F3N5O. The number of imidazole rings is 1. The van der Waals surface area contributed by atoms with Crippen LogP contribution in [0.15, 0.2) is 16.9 Å². The second-order valence-electron chi connectivity index (χ2n) is 6.09. The molecule has 0 N–H and O–H groups in total. The molecule has 0 unspecified atom stereocenters. The summed E-state index contributed by atoms with van der Waals surface area (Å²) in [5.74, 6) is -0.225. The first-order valence-corrected chi connectivity index (χ1v) is 8.05. The molecule has 0 radical (unpaired) electrons. The number of alkyl halides is 3. The molecule has 0 aromatic carbocycles. The fourth-order valence-electron chi connectivity index (χ4n) is 3.13. The minimum atomic E-state index is -4.57. The highest BCUT2D eigenvalue weighted by atomic mass is 19.4. The number of likely N-dealkylation sites (tertiary alicyclic amines) is 1. The Balaban J connectivity index is 1.62. The number of halogens is 3. The van der Waals surface area contributed by atoms with Crippen LogP contribution in [-0.2, 0) is 19.3 Å². The second kappa shape index (κ2) is 6.92. The minimum absolute atomic E-state index is 0.0213. The molecule has 0 saturated carbocycles. The SMILES string of the molecule is Cc1nccn1CC[C@@H]1CCCCN1Cc1nc(C(F)(F)F)no1. The first-order chi connectivity index (χ1) is 11.4. The van der Waals surface area contributed by atoms with Crippen LogP contribution >= 0.6 is 0 Å². The highest BCUT2D eigenvalue weighted by Crippen LogP contribution is 2.27.